The molecule has 1 aromatic heterocycles. The second kappa shape index (κ2) is 5.67. The molecule has 1 aliphatic carbocycles. The van der Waals surface area contributed by atoms with Crippen molar-refractivity contribution in [2.24, 2.45) is 5.92 Å². The first kappa shape index (κ1) is 13.3. The molecule has 2 N–H and O–H groups in total. The van der Waals surface area contributed by atoms with Gasteiger partial charge in [-0.2, -0.15) is 5.10 Å². The second-order valence-corrected chi connectivity index (χ2v) is 5.52. The fourth-order valence-corrected chi connectivity index (χ4v) is 2.48. The molecule has 0 amide bonds. The molecule has 0 aliphatic heterocycles. The van der Waals surface area contributed by atoms with Gasteiger partial charge >= 0.3 is 0 Å². The zero-order chi connectivity index (χ0) is 13.0. The van der Waals surface area contributed by atoms with Crippen LogP contribution in [0.1, 0.15) is 38.2 Å². The van der Waals surface area contributed by atoms with E-state index in [0.29, 0.717) is 6.54 Å². The van der Waals surface area contributed by atoms with Crippen molar-refractivity contribution in [2.45, 2.75) is 44.8 Å². The number of aliphatic hydroxyl groups is 1. The summed E-state index contributed by atoms with van der Waals surface area (Å²) in [5, 5.41) is 17.9. The Bertz CT molecular complexity index is 391. The van der Waals surface area contributed by atoms with Gasteiger partial charge in [0.25, 0.3) is 0 Å². The molecule has 1 aromatic rings. The first-order chi connectivity index (χ1) is 8.61. The van der Waals surface area contributed by atoms with E-state index in [-0.39, 0.29) is 0 Å². The molecule has 2 rings (SSSR count). The molecule has 4 nitrogen and oxygen atoms in total. The van der Waals surface area contributed by atoms with Crippen LogP contribution in [0.15, 0.2) is 19.0 Å². The molecular formula is C14H23N3O. The van der Waals surface area contributed by atoms with Gasteiger partial charge in [-0.15, -0.1) is 0 Å². The van der Waals surface area contributed by atoms with E-state index >= 15 is 0 Å². The van der Waals surface area contributed by atoms with Crippen molar-refractivity contribution in [3.63, 3.8) is 0 Å². The summed E-state index contributed by atoms with van der Waals surface area (Å²) in [4.78, 5) is 0. The third-order valence-electron chi connectivity index (χ3n) is 3.83. The third kappa shape index (κ3) is 3.43. The monoisotopic (exact) mass is 249 g/mol. The molecule has 4 heteroatoms. The molecule has 100 valence electrons. The van der Waals surface area contributed by atoms with Crippen LogP contribution in [0.25, 0.3) is 6.20 Å². The highest BCUT2D eigenvalue weighted by molar-refractivity contribution is 5.17. The van der Waals surface area contributed by atoms with E-state index in [2.05, 4.69) is 23.9 Å². The Balaban J connectivity index is 1.76. The highest BCUT2D eigenvalue weighted by Gasteiger charge is 2.31. The fraction of sp³-hybridized carbons (Fsp3) is 0.643. The molecule has 0 radical (unpaired) electrons. The summed E-state index contributed by atoms with van der Waals surface area (Å²) in [5.41, 5.74) is 0.601. The van der Waals surface area contributed by atoms with Crippen LogP contribution >= 0.6 is 0 Å². The molecule has 0 spiro atoms. The SMILES string of the molecule is C=Cn1cc(CNCC2(O)CCC(C)CC2)cn1. The minimum Gasteiger partial charge on any atom is -0.389 e. The summed E-state index contributed by atoms with van der Waals surface area (Å²) in [6, 6.07) is 0. The molecule has 1 heterocycles. The maximum atomic E-state index is 10.4. The van der Waals surface area contributed by atoms with Gasteiger partial charge in [-0.3, -0.25) is 0 Å². The summed E-state index contributed by atoms with van der Waals surface area (Å²) in [5.74, 6) is 0.760. The van der Waals surface area contributed by atoms with Crippen LogP contribution in [0, 0.1) is 5.92 Å². The minimum absolute atomic E-state index is 0.513. The molecule has 0 unspecified atom stereocenters. The van der Waals surface area contributed by atoms with Crippen LogP contribution in [0.2, 0.25) is 0 Å². The van der Waals surface area contributed by atoms with E-state index in [0.717, 1.165) is 43.7 Å². The van der Waals surface area contributed by atoms with Crippen LogP contribution in [0.3, 0.4) is 0 Å². The standard InChI is InChI=1S/C14H23N3O/c1-3-17-10-13(9-16-17)8-15-11-14(18)6-4-12(2)5-7-14/h3,9-10,12,15,18H,1,4-8,11H2,2H3. The quantitative estimate of drug-likeness (QED) is 0.839. The zero-order valence-electron chi connectivity index (χ0n) is 11.1. The van der Waals surface area contributed by atoms with E-state index < -0.39 is 5.60 Å². The van der Waals surface area contributed by atoms with Crippen molar-refractivity contribution >= 4 is 6.20 Å². The highest BCUT2D eigenvalue weighted by Crippen LogP contribution is 2.31. The van der Waals surface area contributed by atoms with Crippen LogP contribution in [0.5, 0.6) is 0 Å². The number of nitrogens with zero attached hydrogens (tertiary/aromatic N) is 2. The fourth-order valence-electron chi connectivity index (χ4n) is 2.48. The van der Waals surface area contributed by atoms with Gasteiger partial charge in [0.1, 0.15) is 0 Å². The van der Waals surface area contributed by atoms with Crippen molar-refractivity contribution < 1.29 is 5.11 Å². The molecule has 1 aliphatic rings. The van der Waals surface area contributed by atoms with Gasteiger partial charge in [-0.05, 0) is 31.6 Å². The zero-order valence-corrected chi connectivity index (χ0v) is 11.1. The predicted octanol–water partition coefficient (Wildman–Crippen LogP) is 2.01. The van der Waals surface area contributed by atoms with Gasteiger partial charge in [0.15, 0.2) is 0 Å². The maximum Gasteiger partial charge on any atom is 0.0771 e. The summed E-state index contributed by atoms with van der Waals surface area (Å²) in [6.45, 7) is 7.32. The van der Waals surface area contributed by atoms with Gasteiger partial charge in [0.2, 0.25) is 0 Å². The van der Waals surface area contributed by atoms with Crippen molar-refractivity contribution in [1.82, 2.24) is 15.1 Å². The summed E-state index contributed by atoms with van der Waals surface area (Å²) in [7, 11) is 0. The summed E-state index contributed by atoms with van der Waals surface area (Å²) in [6.07, 6.45) is 9.51. The molecule has 0 aromatic carbocycles. The number of hydrogen-bond acceptors (Lipinski definition) is 3. The number of nitrogens with one attached hydrogen (secondary N) is 1. The molecule has 18 heavy (non-hydrogen) atoms. The Morgan fingerprint density at radius 1 is 1.61 bits per heavy atom. The Hall–Kier alpha value is -1.13. The first-order valence-corrected chi connectivity index (χ1v) is 6.70. The molecule has 1 fully saturated rings. The minimum atomic E-state index is -0.513. The average Bonchev–Trinajstić information content (AvgIpc) is 2.81. The van der Waals surface area contributed by atoms with E-state index in [1.807, 2.05) is 12.4 Å². The lowest BCUT2D eigenvalue weighted by molar-refractivity contribution is -0.00630. The lowest BCUT2D eigenvalue weighted by atomic mass is 9.79. The topological polar surface area (TPSA) is 50.1 Å². The summed E-state index contributed by atoms with van der Waals surface area (Å²) >= 11 is 0. The predicted molar refractivity (Wildman–Crippen MR) is 72.9 cm³/mol. The Morgan fingerprint density at radius 2 is 2.33 bits per heavy atom. The van der Waals surface area contributed by atoms with Crippen molar-refractivity contribution in [3.05, 3.63) is 24.5 Å². The van der Waals surface area contributed by atoms with E-state index in [4.69, 9.17) is 0 Å². The Labute approximate surface area is 109 Å². The van der Waals surface area contributed by atoms with Gasteiger partial charge < -0.3 is 10.4 Å². The van der Waals surface area contributed by atoms with Crippen molar-refractivity contribution in [2.75, 3.05) is 6.54 Å². The van der Waals surface area contributed by atoms with Crippen molar-refractivity contribution in [1.29, 1.82) is 0 Å². The lowest BCUT2D eigenvalue weighted by Gasteiger charge is -2.35. The average molecular weight is 249 g/mol. The number of rotatable bonds is 5. The van der Waals surface area contributed by atoms with Crippen molar-refractivity contribution in [3.8, 4) is 0 Å². The smallest absolute Gasteiger partial charge is 0.0771 e. The van der Waals surface area contributed by atoms with Crippen LogP contribution in [-0.2, 0) is 6.54 Å². The third-order valence-corrected chi connectivity index (χ3v) is 3.83. The highest BCUT2D eigenvalue weighted by atomic mass is 16.3. The Kier molecular flexibility index (Phi) is 4.19. The summed E-state index contributed by atoms with van der Waals surface area (Å²) < 4.78 is 1.69. The molecule has 1 saturated carbocycles. The van der Waals surface area contributed by atoms with Gasteiger partial charge in [-0.1, -0.05) is 13.5 Å². The van der Waals surface area contributed by atoms with E-state index in [9.17, 15) is 5.11 Å². The number of hydrogen-bond donors (Lipinski definition) is 2. The maximum absolute atomic E-state index is 10.4. The Morgan fingerprint density at radius 3 is 2.94 bits per heavy atom. The second-order valence-electron chi connectivity index (χ2n) is 5.52. The number of aromatic nitrogens is 2. The van der Waals surface area contributed by atoms with Crippen LogP contribution < -0.4 is 5.32 Å². The molecular weight excluding hydrogens is 226 g/mol. The largest absolute Gasteiger partial charge is 0.389 e. The van der Waals surface area contributed by atoms with Crippen LogP contribution in [0.4, 0.5) is 0 Å². The first-order valence-electron chi connectivity index (χ1n) is 6.70. The van der Waals surface area contributed by atoms with E-state index in [1.54, 1.807) is 10.9 Å². The molecule has 0 atom stereocenters. The normalized spacial score (nSPS) is 28.2. The van der Waals surface area contributed by atoms with Gasteiger partial charge in [0, 0.05) is 31.0 Å². The van der Waals surface area contributed by atoms with Crippen LogP contribution in [-0.4, -0.2) is 27.0 Å². The molecule has 0 bridgehead atoms. The molecule has 0 saturated heterocycles. The van der Waals surface area contributed by atoms with Gasteiger partial charge in [0.05, 0.1) is 11.8 Å². The van der Waals surface area contributed by atoms with Gasteiger partial charge in [-0.25, -0.2) is 4.68 Å². The lowest BCUT2D eigenvalue weighted by Crippen LogP contribution is -2.43. The van der Waals surface area contributed by atoms with E-state index in [1.165, 1.54) is 0 Å².